The van der Waals surface area contributed by atoms with Crippen molar-refractivity contribution in [3.05, 3.63) is 77.9 Å². The Kier molecular flexibility index (Phi) is 5.63. The second kappa shape index (κ2) is 8.18. The first kappa shape index (κ1) is 19.9. The molecule has 0 aromatic heterocycles. The smallest absolute Gasteiger partial charge is 0.243 e. The largest absolute Gasteiger partial charge is 0.300 e. The van der Waals surface area contributed by atoms with Crippen LogP contribution in [-0.2, 0) is 16.4 Å². The minimum Gasteiger partial charge on any atom is -0.300 e. The molecule has 0 aliphatic carbocycles. The third kappa shape index (κ3) is 4.17. The number of halogens is 2. The molecule has 1 heterocycles. The standard InChI is InChI=1S/C22H22F2N2O2S/c23-19-9-8-18(21(24)16-19)10-11-25-12-14-26(15-13-25)29(27,28)22-7-3-5-17-4-1-2-6-20(17)22/h1-9,16H,10-15H2. The maximum Gasteiger partial charge on any atom is 0.243 e. The molecule has 1 saturated heterocycles. The molecule has 7 heteroatoms. The molecule has 3 aromatic rings. The van der Waals surface area contributed by atoms with Crippen LogP contribution in [0.5, 0.6) is 0 Å². The molecule has 1 fully saturated rings. The minimum atomic E-state index is -3.59. The van der Waals surface area contributed by atoms with E-state index >= 15 is 0 Å². The maximum atomic E-state index is 13.8. The third-order valence-electron chi connectivity index (χ3n) is 5.41. The second-order valence-electron chi connectivity index (χ2n) is 7.21. The number of hydrogen-bond donors (Lipinski definition) is 0. The van der Waals surface area contributed by atoms with Crippen molar-refractivity contribution >= 4 is 20.8 Å². The van der Waals surface area contributed by atoms with Crippen molar-refractivity contribution < 1.29 is 17.2 Å². The summed E-state index contributed by atoms with van der Waals surface area (Å²) in [5.74, 6) is -1.12. The van der Waals surface area contributed by atoms with Crippen LogP contribution >= 0.6 is 0 Å². The average Bonchev–Trinajstić information content (AvgIpc) is 2.73. The molecule has 0 unspecified atom stereocenters. The summed E-state index contributed by atoms with van der Waals surface area (Å²) in [4.78, 5) is 2.44. The van der Waals surface area contributed by atoms with Gasteiger partial charge < -0.3 is 4.90 Å². The van der Waals surface area contributed by atoms with Gasteiger partial charge in [0.25, 0.3) is 0 Å². The predicted molar refractivity (Wildman–Crippen MR) is 109 cm³/mol. The van der Waals surface area contributed by atoms with E-state index in [9.17, 15) is 17.2 Å². The molecule has 4 nitrogen and oxygen atoms in total. The number of fused-ring (bicyclic) bond motifs is 1. The Morgan fingerprint density at radius 2 is 1.59 bits per heavy atom. The van der Waals surface area contributed by atoms with Gasteiger partial charge in [-0.2, -0.15) is 4.31 Å². The molecular weight excluding hydrogens is 394 g/mol. The summed E-state index contributed by atoms with van der Waals surface area (Å²) in [5.41, 5.74) is 0.470. The summed E-state index contributed by atoms with van der Waals surface area (Å²) in [6.07, 6.45) is 0.461. The maximum absolute atomic E-state index is 13.8. The lowest BCUT2D eigenvalue weighted by molar-refractivity contribution is 0.190. The average molecular weight is 416 g/mol. The molecule has 4 rings (SSSR count). The van der Waals surface area contributed by atoms with Gasteiger partial charge in [0.1, 0.15) is 11.6 Å². The summed E-state index contributed by atoms with van der Waals surface area (Å²) in [6, 6.07) is 16.4. The summed E-state index contributed by atoms with van der Waals surface area (Å²) in [7, 11) is -3.59. The van der Waals surface area contributed by atoms with Crippen LogP contribution in [0.1, 0.15) is 5.56 Å². The fraction of sp³-hybridized carbons (Fsp3) is 0.273. The van der Waals surface area contributed by atoms with Gasteiger partial charge in [0.15, 0.2) is 0 Å². The van der Waals surface area contributed by atoms with Gasteiger partial charge in [-0.15, -0.1) is 0 Å². The predicted octanol–water partition coefficient (Wildman–Crippen LogP) is 3.67. The van der Waals surface area contributed by atoms with E-state index in [2.05, 4.69) is 4.90 Å². The van der Waals surface area contributed by atoms with Gasteiger partial charge in [0, 0.05) is 44.2 Å². The van der Waals surface area contributed by atoms with Gasteiger partial charge in [-0.25, -0.2) is 17.2 Å². The zero-order chi connectivity index (χ0) is 20.4. The quantitative estimate of drug-likeness (QED) is 0.637. The van der Waals surface area contributed by atoms with Crippen LogP contribution in [0.25, 0.3) is 10.8 Å². The first-order chi connectivity index (χ1) is 13.9. The fourth-order valence-corrected chi connectivity index (χ4v) is 5.39. The first-order valence-electron chi connectivity index (χ1n) is 9.59. The fourth-order valence-electron chi connectivity index (χ4n) is 3.76. The van der Waals surface area contributed by atoms with Crippen molar-refractivity contribution in [3.8, 4) is 0 Å². The first-order valence-corrected chi connectivity index (χ1v) is 11.0. The lowest BCUT2D eigenvalue weighted by Gasteiger charge is -2.34. The normalized spacial score (nSPS) is 16.3. The summed E-state index contributed by atoms with van der Waals surface area (Å²) >= 11 is 0. The highest BCUT2D eigenvalue weighted by Gasteiger charge is 2.29. The molecule has 3 aromatic carbocycles. The van der Waals surface area contributed by atoms with E-state index in [0.29, 0.717) is 49.6 Å². The van der Waals surface area contributed by atoms with Crippen LogP contribution in [0, 0.1) is 11.6 Å². The molecular formula is C22H22F2N2O2S. The highest BCUT2D eigenvalue weighted by Crippen LogP contribution is 2.26. The van der Waals surface area contributed by atoms with Crippen molar-refractivity contribution in [1.82, 2.24) is 9.21 Å². The molecule has 152 valence electrons. The number of hydrogen-bond acceptors (Lipinski definition) is 3. The number of rotatable bonds is 5. The van der Waals surface area contributed by atoms with Crippen molar-refractivity contribution in [2.24, 2.45) is 0 Å². The number of piperazine rings is 1. The van der Waals surface area contributed by atoms with Crippen LogP contribution in [0.15, 0.2) is 65.6 Å². The lowest BCUT2D eigenvalue weighted by atomic mass is 10.1. The number of benzene rings is 3. The van der Waals surface area contributed by atoms with Gasteiger partial charge in [-0.3, -0.25) is 0 Å². The van der Waals surface area contributed by atoms with Crippen LogP contribution in [0.2, 0.25) is 0 Å². The topological polar surface area (TPSA) is 40.6 Å². The lowest BCUT2D eigenvalue weighted by Crippen LogP contribution is -2.49. The van der Waals surface area contributed by atoms with E-state index in [1.807, 2.05) is 30.3 Å². The summed E-state index contributed by atoms with van der Waals surface area (Å²) < 4.78 is 54.7. The Bertz CT molecular complexity index is 1120. The zero-order valence-corrected chi connectivity index (χ0v) is 16.7. The number of sulfonamides is 1. The van der Waals surface area contributed by atoms with Gasteiger partial charge in [0.05, 0.1) is 4.90 Å². The Morgan fingerprint density at radius 1 is 0.862 bits per heavy atom. The van der Waals surface area contributed by atoms with Gasteiger partial charge >= 0.3 is 0 Å². The van der Waals surface area contributed by atoms with Gasteiger partial charge in [-0.1, -0.05) is 42.5 Å². The van der Waals surface area contributed by atoms with E-state index in [-0.39, 0.29) is 0 Å². The molecule has 0 spiro atoms. The molecule has 0 saturated carbocycles. The molecule has 0 N–H and O–H groups in total. The highest BCUT2D eigenvalue weighted by atomic mass is 32.2. The highest BCUT2D eigenvalue weighted by molar-refractivity contribution is 7.89. The Balaban J connectivity index is 1.42. The Morgan fingerprint density at radius 3 is 2.34 bits per heavy atom. The monoisotopic (exact) mass is 416 g/mol. The van der Waals surface area contributed by atoms with E-state index in [1.165, 1.54) is 16.4 Å². The third-order valence-corrected chi connectivity index (χ3v) is 7.37. The van der Waals surface area contributed by atoms with E-state index in [4.69, 9.17) is 0 Å². The van der Waals surface area contributed by atoms with Gasteiger partial charge in [-0.05, 0) is 29.5 Å². The molecule has 0 atom stereocenters. The summed E-state index contributed by atoms with van der Waals surface area (Å²) in [6.45, 7) is 2.53. The molecule has 1 aliphatic rings. The SMILES string of the molecule is O=S(=O)(c1cccc2ccccc12)N1CCN(CCc2ccc(F)cc2F)CC1. The van der Waals surface area contributed by atoms with Crippen LogP contribution in [-0.4, -0.2) is 50.3 Å². The molecule has 1 aliphatic heterocycles. The number of nitrogens with zero attached hydrogens (tertiary/aromatic N) is 2. The van der Waals surface area contributed by atoms with E-state index in [0.717, 1.165) is 16.8 Å². The van der Waals surface area contributed by atoms with Crippen molar-refractivity contribution in [1.29, 1.82) is 0 Å². The Hall–Kier alpha value is -2.35. The second-order valence-corrected chi connectivity index (χ2v) is 9.12. The molecule has 29 heavy (non-hydrogen) atoms. The van der Waals surface area contributed by atoms with Crippen molar-refractivity contribution in [2.45, 2.75) is 11.3 Å². The van der Waals surface area contributed by atoms with E-state index in [1.54, 1.807) is 12.1 Å². The molecule has 0 radical (unpaired) electrons. The van der Waals surface area contributed by atoms with Crippen LogP contribution in [0.3, 0.4) is 0 Å². The summed E-state index contributed by atoms with van der Waals surface area (Å²) in [5, 5.41) is 1.62. The zero-order valence-electron chi connectivity index (χ0n) is 15.9. The van der Waals surface area contributed by atoms with Crippen LogP contribution in [0.4, 0.5) is 8.78 Å². The molecule has 0 amide bonds. The Labute approximate surface area is 169 Å². The van der Waals surface area contributed by atoms with Gasteiger partial charge in [0.2, 0.25) is 10.0 Å². The van der Waals surface area contributed by atoms with Crippen molar-refractivity contribution in [2.75, 3.05) is 32.7 Å². The molecule has 0 bridgehead atoms. The van der Waals surface area contributed by atoms with Crippen LogP contribution < -0.4 is 0 Å². The van der Waals surface area contributed by atoms with E-state index < -0.39 is 21.7 Å². The van der Waals surface area contributed by atoms with Crippen molar-refractivity contribution in [3.63, 3.8) is 0 Å². The minimum absolute atomic E-state index is 0.331.